The van der Waals surface area contributed by atoms with Crippen LogP contribution in [-0.4, -0.2) is 0 Å². The smallest absolute Gasteiger partial charge is 0.0303 e. The predicted molar refractivity (Wildman–Crippen MR) is 43.8 cm³/mol. The van der Waals surface area contributed by atoms with Crippen molar-refractivity contribution in [3.8, 4) is 0 Å². The second-order valence-corrected chi connectivity index (χ2v) is 4.49. The molecule has 3 rings (SSSR count). The third-order valence-corrected chi connectivity index (χ3v) is 3.74. The molecule has 0 N–H and O–H groups in total. The summed E-state index contributed by atoms with van der Waals surface area (Å²) in [7, 11) is 0. The van der Waals surface area contributed by atoms with Crippen LogP contribution in [0.2, 0.25) is 0 Å². The van der Waals surface area contributed by atoms with Crippen molar-refractivity contribution in [3.63, 3.8) is 0 Å². The maximum atomic E-state index is 8.14. The SMILES string of the molecule is [2H]C1C[C@H]2C[C@H](C2(C)C)[C@]1([2H])C. The van der Waals surface area contributed by atoms with Crippen LogP contribution in [0.4, 0.5) is 0 Å². The highest BCUT2D eigenvalue weighted by Crippen LogP contribution is 2.61. The van der Waals surface area contributed by atoms with Crippen molar-refractivity contribution in [3.05, 3.63) is 0 Å². The Balaban J connectivity index is 2.27. The highest BCUT2D eigenvalue weighted by atomic mass is 14.6. The van der Waals surface area contributed by atoms with E-state index in [2.05, 4.69) is 13.8 Å². The van der Waals surface area contributed by atoms with E-state index >= 15 is 0 Å². The second-order valence-electron chi connectivity index (χ2n) is 4.49. The molecule has 2 bridgehead atoms. The normalized spacial score (nSPS) is 67.7. The minimum Gasteiger partial charge on any atom is -0.0622 e. The molecule has 3 aliphatic rings. The van der Waals surface area contributed by atoms with Crippen LogP contribution in [0.3, 0.4) is 0 Å². The van der Waals surface area contributed by atoms with Crippen molar-refractivity contribution in [1.29, 1.82) is 0 Å². The maximum absolute atomic E-state index is 8.14. The van der Waals surface area contributed by atoms with Gasteiger partial charge in [-0.25, -0.2) is 0 Å². The lowest BCUT2D eigenvalue weighted by Crippen LogP contribution is -2.51. The average Bonchev–Trinajstić information content (AvgIpc) is 1.93. The van der Waals surface area contributed by atoms with Gasteiger partial charge in [-0.1, -0.05) is 27.2 Å². The summed E-state index contributed by atoms with van der Waals surface area (Å²) in [5, 5.41) is 0. The zero-order valence-electron chi connectivity index (χ0n) is 9.15. The van der Waals surface area contributed by atoms with Gasteiger partial charge in [0.05, 0.1) is 0 Å². The Kier molecular flexibility index (Phi) is 0.852. The molecule has 0 nitrogen and oxygen atoms in total. The summed E-state index contributed by atoms with van der Waals surface area (Å²) in [5.41, 5.74) is 0.341. The third-order valence-electron chi connectivity index (χ3n) is 3.74. The molecule has 4 atom stereocenters. The number of hydrogen-bond acceptors (Lipinski definition) is 0. The molecule has 58 valence electrons. The van der Waals surface area contributed by atoms with Gasteiger partial charge < -0.3 is 0 Å². The Morgan fingerprint density at radius 3 is 2.70 bits per heavy atom. The number of fused-ring (bicyclic) bond motifs is 2. The van der Waals surface area contributed by atoms with E-state index in [-0.39, 0.29) is 6.40 Å². The van der Waals surface area contributed by atoms with Gasteiger partial charge >= 0.3 is 0 Å². The molecule has 3 fully saturated rings. The minimum atomic E-state index is -0.488. The van der Waals surface area contributed by atoms with Crippen LogP contribution < -0.4 is 0 Å². The predicted octanol–water partition coefficient (Wildman–Crippen LogP) is 3.08. The van der Waals surface area contributed by atoms with Gasteiger partial charge in [0.15, 0.2) is 0 Å². The van der Waals surface area contributed by atoms with E-state index in [0.29, 0.717) is 11.3 Å². The van der Waals surface area contributed by atoms with Crippen molar-refractivity contribution < 1.29 is 2.74 Å². The lowest BCUT2D eigenvalue weighted by molar-refractivity contribution is -0.0988. The second kappa shape index (κ2) is 1.78. The Labute approximate surface area is 66.8 Å². The minimum absolute atomic E-state index is 0.144. The van der Waals surface area contributed by atoms with Crippen LogP contribution in [-0.2, 0) is 0 Å². The first-order valence-corrected chi connectivity index (χ1v) is 4.29. The molecular weight excluding hydrogens is 120 g/mol. The van der Waals surface area contributed by atoms with Crippen molar-refractivity contribution >= 4 is 0 Å². The quantitative estimate of drug-likeness (QED) is 0.485. The summed E-state index contributed by atoms with van der Waals surface area (Å²) < 4.78 is 16.0. The standard InChI is InChI=1S/C10H18/c1-7-4-5-8-6-9(7)10(8,2)3/h7-9H,4-6H2,1-3H3/t7-,8+,9+/m1/s1/i4D,7D/t4?,7-,8+,9+. The molecule has 0 heteroatoms. The van der Waals surface area contributed by atoms with E-state index in [1.165, 1.54) is 6.42 Å². The summed E-state index contributed by atoms with van der Waals surface area (Å²) in [4.78, 5) is 0. The monoisotopic (exact) mass is 140 g/mol. The van der Waals surface area contributed by atoms with Crippen molar-refractivity contribution in [2.75, 3.05) is 0 Å². The Bertz CT molecular complexity index is 208. The molecule has 3 saturated carbocycles. The van der Waals surface area contributed by atoms with Gasteiger partial charge in [-0.3, -0.25) is 0 Å². The Hall–Kier alpha value is 0. The van der Waals surface area contributed by atoms with E-state index in [9.17, 15) is 0 Å². The van der Waals surface area contributed by atoms with Gasteiger partial charge in [0, 0.05) is 2.74 Å². The zero-order valence-corrected chi connectivity index (χ0v) is 7.15. The van der Waals surface area contributed by atoms with E-state index in [1.54, 1.807) is 0 Å². The summed E-state index contributed by atoms with van der Waals surface area (Å²) in [6, 6.07) is 0. The third kappa shape index (κ3) is 0.627. The van der Waals surface area contributed by atoms with Crippen molar-refractivity contribution in [2.24, 2.45) is 23.1 Å². The molecule has 0 aromatic carbocycles. The summed E-state index contributed by atoms with van der Waals surface area (Å²) >= 11 is 0. The summed E-state index contributed by atoms with van der Waals surface area (Å²) in [6.45, 7) is 6.49. The highest BCUT2D eigenvalue weighted by Gasteiger charge is 2.52. The van der Waals surface area contributed by atoms with E-state index in [1.807, 2.05) is 6.92 Å². The van der Waals surface area contributed by atoms with Gasteiger partial charge in [-0.15, -0.1) is 0 Å². The van der Waals surface area contributed by atoms with Crippen LogP contribution >= 0.6 is 0 Å². The van der Waals surface area contributed by atoms with Gasteiger partial charge in [-0.2, -0.15) is 0 Å². The van der Waals surface area contributed by atoms with Crippen molar-refractivity contribution in [1.82, 2.24) is 0 Å². The van der Waals surface area contributed by atoms with E-state index < -0.39 is 5.89 Å². The lowest BCUT2D eigenvalue weighted by atomic mass is 9.46. The first kappa shape index (κ1) is 4.79. The molecule has 10 heavy (non-hydrogen) atoms. The molecule has 0 saturated heterocycles. The summed E-state index contributed by atoms with van der Waals surface area (Å²) in [5.74, 6) is 0.702. The first-order chi connectivity index (χ1) is 5.37. The van der Waals surface area contributed by atoms with Gasteiger partial charge in [-0.05, 0) is 36.0 Å². The van der Waals surface area contributed by atoms with Gasteiger partial charge in [0.2, 0.25) is 0 Å². The van der Waals surface area contributed by atoms with E-state index in [0.717, 1.165) is 12.3 Å². The average molecular weight is 140 g/mol. The topological polar surface area (TPSA) is 0 Å². The highest BCUT2D eigenvalue weighted by molar-refractivity contribution is 5.01. The molecule has 0 amide bonds. The molecule has 1 unspecified atom stereocenters. The van der Waals surface area contributed by atoms with Crippen LogP contribution in [0, 0.1) is 23.1 Å². The molecule has 0 radical (unpaired) electrons. The molecule has 0 aliphatic heterocycles. The summed E-state index contributed by atoms with van der Waals surface area (Å²) in [6.07, 6.45) is 2.00. The number of hydrogen-bond donors (Lipinski definition) is 0. The lowest BCUT2D eigenvalue weighted by Gasteiger charge is -2.59. The first-order valence-electron chi connectivity index (χ1n) is 5.37. The fourth-order valence-corrected chi connectivity index (χ4v) is 2.66. The Morgan fingerprint density at radius 1 is 1.60 bits per heavy atom. The fourth-order valence-electron chi connectivity index (χ4n) is 2.66. The largest absolute Gasteiger partial charge is 0.0622 e. The molecular formula is C10H18. The van der Waals surface area contributed by atoms with Crippen LogP contribution in [0.25, 0.3) is 0 Å². The Morgan fingerprint density at radius 2 is 2.30 bits per heavy atom. The molecule has 0 heterocycles. The van der Waals surface area contributed by atoms with Gasteiger partial charge in [0.1, 0.15) is 0 Å². The fraction of sp³-hybridized carbons (Fsp3) is 1.00. The molecule has 0 spiro atoms. The van der Waals surface area contributed by atoms with Crippen molar-refractivity contribution in [2.45, 2.75) is 40.0 Å². The molecule has 3 aliphatic carbocycles. The molecule has 0 aromatic heterocycles. The zero-order chi connectivity index (χ0) is 9.15. The number of rotatable bonds is 0. The van der Waals surface area contributed by atoms with Gasteiger partial charge in [0.25, 0.3) is 0 Å². The van der Waals surface area contributed by atoms with Crippen LogP contribution in [0.1, 0.15) is 42.8 Å². The van der Waals surface area contributed by atoms with Crippen LogP contribution in [0.15, 0.2) is 0 Å². The van der Waals surface area contributed by atoms with Crippen LogP contribution in [0.5, 0.6) is 0 Å². The molecule has 0 aromatic rings. The maximum Gasteiger partial charge on any atom is 0.0303 e. The van der Waals surface area contributed by atoms with E-state index in [4.69, 9.17) is 2.74 Å².